The molecular formula is C39H47N5O5. The van der Waals surface area contributed by atoms with Crippen molar-refractivity contribution in [3.63, 3.8) is 0 Å². The first kappa shape index (κ1) is 34.3. The smallest absolute Gasteiger partial charge is 0.316 e. The zero-order chi connectivity index (χ0) is 35.3. The second-order valence-electron chi connectivity index (χ2n) is 13.7. The summed E-state index contributed by atoms with van der Waals surface area (Å²) in [4.78, 5) is 45.9. The molecule has 3 aromatic heterocycles. The van der Waals surface area contributed by atoms with Crippen LogP contribution in [0.2, 0.25) is 0 Å². The van der Waals surface area contributed by atoms with Crippen molar-refractivity contribution >= 4 is 51.2 Å². The standard InChI is InChI=1S/C39H47N5O5/c1-10-23-19(3)26-16-28-21(5)25(12-13-32(45)49-15-14-44(7)8)36(42-28)34-35(39(47)48-9)38(46)33-22(6)29(43-37(33)34)18-31-24(11-2)20(4)27(41-31)17-30(23)40-26/h10,16-18,21,25,35,38,40-41,46H,1,11-15H2,2-9H3/t21-,25-,35?,38?/m0/s1. The number of methoxy groups -OCH3 is 1. The molecule has 5 heterocycles. The third-order valence-electron chi connectivity index (χ3n) is 10.6. The Hall–Kier alpha value is -4.54. The van der Waals surface area contributed by atoms with Gasteiger partial charge in [-0.05, 0) is 88.2 Å². The number of carbonyl (C=O) groups is 2. The lowest BCUT2D eigenvalue weighted by atomic mass is 9.84. The zero-order valence-corrected chi connectivity index (χ0v) is 29.8. The molecule has 10 nitrogen and oxygen atoms in total. The van der Waals surface area contributed by atoms with E-state index in [1.54, 1.807) is 0 Å². The first-order valence-corrected chi connectivity index (χ1v) is 17.1. The number of aliphatic hydroxyl groups excluding tert-OH is 1. The summed E-state index contributed by atoms with van der Waals surface area (Å²) in [5, 5.41) is 11.8. The summed E-state index contributed by atoms with van der Waals surface area (Å²) in [6.07, 6.45) is 2.16. The molecular weight excluding hydrogens is 618 g/mol. The van der Waals surface area contributed by atoms with Gasteiger partial charge in [0.25, 0.3) is 0 Å². The number of esters is 2. The van der Waals surface area contributed by atoms with Crippen molar-refractivity contribution in [3.05, 3.63) is 75.4 Å². The minimum Gasteiger partial charge on any atom is -0.468 e. The van der Waals surface area contributed by atoms with Crippen molar-refractivity contribution in [1.29, 1.82) is 0 Å². The minimum atomic E-state index is -1.16. The van der Waals surface area contributed by atoms with Crippen LogP contribution < -0.4 is 0 Å². The van der Waals surface area contributed by atoms with Gasteiger partial charge >= 0.3 is 11.9 Å². The number of allylic oxidation sites excluding steroid dienone is 1. The van der Waals surface area contributed by atoms with Crippen molar-refractivity contribution < 1.29 is 24.2 Å². The van der Waals surface area contributed by atoms with Gasteiger partial charge in [0.15, 0.2) is 0 Å². The third kappa shape index (κ3) is 5.91. The van der Waals surface area contributed by atoms with Crippen LogP contribution >= 0.6 is 0 Å². The van der Waals surface area contributed by atoms with Gasteiger partial charge in [0.1, 0.15) is 12.5 Å². The van der Waals surface area contributed by atoms with Crippen LogP contribution in [0.1, 0.15) is 102 Å². The maximum absolute atomic E-state index is 13.4. The van der Waals surface area contributed by atoms with Crippen LogP contribution in [0, 0.1) is 13.8 Å². The Kier molecular flexibility index (Phi) is 9.39. The van der Waals surface area contributed by atoms with Crippen LogP contribution in [-0.2, 0) is 25.5 Å². The topological polar surface area (TPSA) is 133 Å². The van der Waals surface area contributed by atoms with Gasteiger partial charge in [-0.2, -0.15) is 0 Å². The molecule has 3 N–H and O–H groups in total. The maximum Gasteiger partial charge on any atom is 0.316 e. The molecule has 2 unspecified atom stereocenters. The summed E-state index contributed by atoms with van der Waals surface area (Å²) >= 11 is 0. The van der Waals surface area contributed by atoms with Crippen molar-refractivity contribution in [1.82, 2.24) is 24.8 Å². The highest BCUT2D eigenvalue weighted by Crippen LogP contribution is 2.52. The van der Waals surface area contributed by atoms with Gasteiger partial charge in [-0.15, -0.1) is 0 Å². The van der Waals surface area contributed by atoms with E-state index in [9.17, 15) is 14.7 Å². The molecule has 10 heteroatoms. The second-order valence-corrected chi connectivity index (χ2v) is 13.7. The Labute approximate surface area is 287 Å². The summed E-state index contributed by atoms with van der Waals surface area (Å²) in [6.45, 7) is 15.4. The number of hydrogen-bond acceptors (Lipinski definition) is 8. The van der Waals surface area contributed by atoms with Crippen LogP contribution in [-0.4, -0.2) is 82.3 Å². The lowest BCUT2D eigenvalue weighted by molar-refractivity contribution is -0.145. The predicted octanol–water partition coefficient (Wildman–Crippen LogP) is 6.47. The SMILES string of the molecule is C=Cc1c(C)c2cc3nc(c4c5nc(cc6[nH]c(cc1[nH]2)c(C)c6CC)C(C)=C5C(O)C4C(=O)OC)[C@@H](CCC(=O)OCCN(C)C)[C@@H]3C. The van der Waals surface area contributed by atoms with Crippen LogP contribution in [0.25, 0.3) is 39.3 Å². The molecule has 2 aliphatic heterocycles. The number of H-pyrrole nitrogens is 2. The van der Waals surface area contributed by atoms with E-state index in [4.69, 9.17) is 19.4 Å². The molecule has 8 bridgehead atoms. The van der Waals surface area contributed by atoms with E-state index < -0.39 is 18.0 Å². The van der Waals surface area contributed by atoms with Crippen molar-refractivity contribution in [2.45, 2.75) is 77.7 Å². The summed E-state index contributed by atoms with van der Waals surface area (Å²) < 4.78 is 10.8. The molecule has 0 spiro atoms. The van der Waals surface area contributed by atoms with Gasteiger partial charge in [-0.3, -0.25) is 14.6 Å². The fourth-order valence-corrected chi connectivity index (χ4v) is 7.68. The Balaban J connectivity index is 1.67. The molecule has 3 aliphatic rings. The van der Waals surface area contributed by atoms with E-state index in [2.05, 4.69) is 56.4 Å². The van der Waals surface area contributed by atoms with E-state index in [0.717, 1.165) is 56.4 Å². The summed E-state index contributed by atoms with van der Waals surface area (Å²) in [5.74, 6) is -2.19. The van der Waals surface area contributed by atoms with E-state index in [-0.39, 0.29) is 24.2 Å². The lowest BCUT2D eigenvalue weighted by Gasteiger charge is -2.20. The zero-order valence-electron chi connectivity index (χ0n) is 29.8. The van der Waals surface area contributed by atoms with Gasteiger partial charge in [0.05, 0.1) is 30.3 Å². The Morgan fingerprint density at radius 2 is 1.76 bits per heavy atom. The van der Waals surface area contributed by atoms with E-state index in [0.29, 0.717) is 47.8 Å². The second kappa shape index (κ2) is 13.4. The number of ether oxygens (including phenoxy) is 2. The molecule has 3 aromatic rings. The quantitative estimate of drug-likeness (QED) is 0.222. The average molecular weight is 666 g/mol. The van der Waals surface area contributed by atoms with Crippen molar-refractivity contribution in [3.8, 4) is 0 Å². The van der Waals surface area contributed by atoms with E-state index >= 15 is 0 Å². The van der Waals surface area contributed by atoms with Gasteiger partial charge in [0.2, 0.25) is 0 Å². The van der Waals surface area contributed by atoms with Crippen molar-refractivity contribution in [2.24, 2.45) is 0 Å². The monoisotopic (exact) mass is 665 g/mol. The summed E-state index contributed by atoms with van der Waals surface area (Å²) in [7, 11) is 5.19. The van der Waals surface area contributed by atoms with Gasteiger partial charge in [0, 0.05) is 69.3 Å². The number of aromatic amines is 2. The van der Waals surface area contributed by atoms with Crippen LogP contribution in [0.3, 0.4) is 0 Å². The Morgan fingerprint density at radius 3 is 2.43 bits per heavy atom. The summed E-state index contributed by atoms with van der Waals surface area (Å²) in [5.41, 5.74) is 12.9. The molecule has 0 aromatic carbocycles. The molecule has 258 valence electrons. The van der Waals surface area contributed by atoms with Crippen LogP contribution in [0.4, 0.5) is 0 Å². The highest BCUT2D eigenvalue weighted by atomic mass is 16.5. The molecule has 0 radical (unpaired) electrons. The molecule has 0 fully saturated rings. The molecule has 4 atom stereocenters. The number of aromatic nitrogens is 4. The first-order chi connectivity index (χ1) is 23.4. The maximum atomic E-state index is 13.4. The molecule has 6 rings (SSSR count). The minimum absolute atomic E-state index is 0.114. The Morgan fingerprint density at radius 1 is 1.04 bits per heavy atom. The number of hydrogen-bond donors (Lipinski definition) is 3. The van der Waals surface area contributed by atoms with Crippen LogP contribution in [0.15, 0.2) is 24.8 Å². The number of fused-ring (bicyclic) bond motifs is 8. The largest absolute Gasteiger partial charge is 0.468 e. The molecule has 0 amide bonds. The third-order valence-corrected chi connectivity index (χ3v) is 10.6. The molecule has 1 aliphatic carbocycles. The number of aliphatic hydroxyl groups is 1. The number of aryl methyl sites for hydroxylation is 3. The number of rotatable bonds is 9. The predicted molar refractivity (Wildman–Crippen MR) is 193 cm³/mol. The normalized spacial score (nSPS) is 19.9. The van der Waals surface area contributed by atoms with E-state index in [1.165, 1.54) is 12.7 Å². The lowest BCUT2D eigenvalue weighted by Crippen LogP contribution is -2.24. The first-order valence-electron chi connectivity index (χ1n) is 17.1. The fraction of sp³-hybridized carbons (Fsp3) is 0.436. The summed E-state index contributed by atoms with van der Waals surface area (Å²) in [6, 6.07) is 6.22. The highest BCUT2D eigenvalue weighted by molar-refractivity contribution is 6.02. The number of nitrogens with one attached hydrogen (secondary N) is 2. The average Bonchev–Trinajstić information content (AvgIpc) is 3.80. The molecule has 0 saturated heterocycles. The molecule has 49 heavy (non-hydrogen) atoms. The highest BCUT2D eigenvalue weighted by Gasteiger charge is 2.48. The van der Waals surface area contributed by atoms with E-state index in [1.807, 2.05) is 38.1 Å². The van der Waals surface area contributed by atoms with Crippen molar-refractivity contribution in [2.75, 3.05) is 34.4 Å². The van der Waals surface area contributed by atoms with Gasteiger partial charge < -0.3 is 29.4 Å². The Bertz CT molecular complexity index is 2050. The van der Waals surface area contributed by atoms with Gasteiger partial charge in [-0.25, -0.2) is 4.98 Å². The number of carbonyl (C=O) groups excluding carboxylic acids is 2. The number of likely N-dealkylation sites (N-methyl/N-ethyl adjacent to an activating group) is 1. The molecule has 0 saturated carbocycles. The van der Waals surface area contributed by atoms with Gasteiger partial charge in [-0.1, -0.05) is 26.5 Å². The number of nitrogens with zero attached hydrogens (tertiary/aromatic N) is 3. The fourth-order valence-electron chi connectivity index (χ4n) is 7.68. The van der Waals surface area contributed by atoms with Crippen LogP contribution in [0.5, 0.6) is 0 Å².